The Labute approximate surface area is 99.7 Å². The van der Waals surface area contributed by atoms with Crippen molar-refractivity contribution in [3.05, 3.63) is 28.2 Å². The fourth-order valence-corrected chi connectivity index (χ4v) is 1.51. The first-order valence-electron chi connectivity index (χ1n) is 4.54. The fraction of sp³-hybridized carbons (Fsp3) is 0.400. The number of nitrogens with two attached hydrogens (primary N) is 1. The molecule has 0 spiro atoms. The van der Waals surface area contributed by atoms with Gasteiger partial charge in [-0.15, -0.1) is 0 Å². The summed E-state index contributed by atoms with van der Waals surface area (Å²) < 4.78 is 41.4. The fourth-order valence-electron chi connectivity index (χ4n) is 1.17. The minimum Gasteiger partial charge on any atom is -0.484 e. The molecule has 0 aliphatic heterocycles. The van der Waals surface area contributed by atoms with Crippen LogP contribution in [0.2, 0.25) is 0 Å². The number of hydrogen-bond donors (Lipinski definition) is 1. The summed E-state index contributed by atoms with van der Waals surface area (Å²) in [6, 6.07) is 4.45. The highest BCUT2D eigenvalue weighted by molar-refractivity contribution is 9.10. The highest BCUT2D eigenvalue weighted by atomic mass is 79.9. The molecule has 0 saturated carbocycles. The van der Waals surface area contributed by atoms with Crippen molar-refractivity contribution >= 4 is 15.9 Å². The van der Waals surface area contributed by atoms with Gasteiger partial charge in [-0.25, -0.2) is 0 Å². The Hall–Kier alpha value is -0.750. The largest absolute Gasteiger partial charge is 0.484 e. The molecule has 0 unspecified atom stereocenters. The Kier molecular flexibility index (Phi) is 4.21. The molecule has 0 heterocycles. The number of halogens is 4. The first-order valence-corrected chi connectivity index (χ1v) is 5.33. The molecule has 6 heteroatoms. The molecule has 0 aromatic heterocycles. The number of alkyl halides is 3. The maximum absolute atomic E-state index is 12.0. The van der Waals surface area contributed by atoms with Crippen LogP contribution in [-0.2, 0) is 0 Å². The van der Waals surface area contributed by atoms with Gasteiger partial charge < -0.3 is 10.5 Å². The lowest BCUT2D eigenvalue weighted by molar-refractivity contribution is -0.153. The van der Waals surface area contributed by atoms with E-state index >= 15 is 0 Å². The lowest BCUT2D eigenvalue weighted by atomic mass is 10.1. The summed E-state index contributed by atoms with van der Waals surface area (Å²) >= 11 is 3.16. The third kappa shape index (κ3) is 4.02. The molecular formula is C10H11BrF3NO. The van der Waals surface area contributed by atoms with E-state index in [4.69, 9.17) is 10.5 Å². The Bertz CT molecular complexity index is 366. The smallest absolute Gasteiger partial charge is 0.422 e. The van der Waals surface area contributed by atoms with Gasteiger partial charge in [0.15, 0.2) is 6.61 Å². The van der Waals surface area contributed by atoms with Crippen molar-refractivity contribution in [2.45, 2.75) is 19.1 Å². The maximum atomic E-state index is 12.0. The zero-order valence-corrected chi connectivity index (χ0v) is 10.1. The van der Waals surface area contributed by atoms with Crippen LogP contribution in [-0.4, -0.2) is 12.8 Å². The minimum absolute atomic E-state index is 0.154. The Morgan fingerprint density at radius 1 is 1.44 bits per heavy atom. The predicted octanol–water partition coefficient (Wildman–Crippen LogP) is 3.41. The van der Waals surface area contributed by atoms with Crippen LogP contribution in [0, 0.1) is 0 Å². The van der Waals surface area contributed by atoms with Gasteiger partial charge in [0.1, 0.15) is 5.75 Å². The van der Waals surface area contributed by atoms with E-state index in [1.165, 1.54) is 6.07 Å². The SMILES string of the molecule is C[C@H](N)c1ccc(Br)cc1OCC(F)(F)F. The maximum Gasteiger partial charge on any atom is 0.422 e. The lowest BCUT2D eigenvalue weighted by Gasteiger charge is -2.15. The van der Waals surface area contributed by atoms with Gasteiger partial charge in [0.25, 0.3) is 0 Å². The molecule has 2 nitrogen and oxygen atoms in total. The van der Waals surface area contributed by atoms with Gasteiger partial charge >= 0.3 is 6.18 Å². The van der Waals surface area contributed by atoms with Gasteiger partial charge in [-0.3, -0.25) is 0 Å². The Morgan fingerprint density at radius 2 is 2.06 bits per heavy atom. The second kappa shape index (κ2) is 5.05. The Balaban J connectivity index is 2.88. The van der Waals surface area contributed by atoms with Gasteiger partial charge in [0, 0.05) is 16.1 Å². The zero-order valence-electron chi connectivity index (χ0n) is 8.51. The van der Waals surface area contributed by atoms with E-state index in [9.17, 15) is 13.2 Å². The second-order valence-corrected chi connectivity index (χ2v) is 4.29. The van der Waals surface area contributed by atoms with Crippen molar-refractivity contribution in [2.24, 2.45) is 5.73 Å². The quantitative estimate of drug-likeness (QED) is 0.928. The molecule has 0 fully saturated rings. The lowest BCUT2D eigenvalue weighted by Crippen LogP contribution is -2.20. The van der Waals surface area contributed by atoms with Gasteiger partial charge in [-0.1, -0.05) is 22.0 Å². The standard InChI is InChI=1S/C10H11BrF3NO/c1-6(15)8-3-2-7(11)4-9(8)16-5-10(12,13)14/h2-4,6H,5,15H2,1H3/t6-/m0/s1. The molecule has 0 radical (unpaired) electrons. The van der Waals surface area contributed by atoms with E-state index in [0.29, 0.717) is 10.0 Å². The van der Waals surface area contributed by atoms with Gasteiger partial charge in [0.05, 0.1) is 0 Å². The molecule has 0 saturated heterocycles. The zero-order chi connectivity index (χ0) is 12.3. The second-order valence-electron chi connectivity index (χ2n) is 3.37. The molecular weight excluding hydrogens is 287 g/mol. The average molecular weight is 298 g/mol. The minimum atomic E-state index is -4.35. The van der Waals surface area contributed by atoms with Gasteiger partial charge in [-0.2, -0.15) is 13.2 Å². The topological polar surface area (TPSA) is 35.2 Å². The summed E-state index contributed by atoms with van der Waals surface area (Å²) in [6.07, 6.45) is -4.35. The summed E-state index contributed by atoms with van der Waals surface area (Å²) in [5.74, 6) is 0.154. The normalized spacial score (nSPS) is 13.6. The molecule has 2 N–H and O–H groups in total. The third-order valence-corrected chi connectivity index (χ3v) is 2.35. The summed E-state index contributed by atoms with van der Waals surface area (Å²) in [7, 11) is 0. The first-order chi connectivity index (χ1) is 7.29. The van der Waals surface area contributed by atoms with Crippen LogP contribution in [0.15, 0.2) is 22.7 Å². The van der Waals surface area contributed by atoms with Gasteiger partial charge in [0.2, 0.25) is 0 Å². The van der Waals surface area contributed by atoms with Crippen LogP contribution in [0.4, 0.5) is 13.2 Å². The van der Waals surface area contributed by atoms with E-state index in [1.807, 2.05) is 0 Å². The molecule has 1 atom stereocenters. The third-order valence-electron chi connectivity index (χ3n) is 1.86. The van der Waals surface area contributed by atoms with E-state index < -0.39 is 12.8 Å². The van der Waals surface area contributed by atoms with E-state index in [1.54, 1.807) is 19.1 Å². The molecule has 0 aliphatic rings. The molecule has 0 aliphatic carbocycles. The number of benzene rings is 1. The number of rotatable bonds is 3. The Morgan fingerprint density at radius 3 is 2.56 bits per heavy atom. The van der Waals surface area contributed by atoms with E-state index in [2.05, 4.69) is 15.9 Å². The highest BCUT2D eigenvalue weighted by Gasteiger charge is 2.29. The van der Waals surface area contributed by atoms with E-state index in [0.717, 1.165) is 0 Å². The van der Waals surface area contributed by atoms with Crippen molar-refractivity contribution in [2.75, 3.05) is 6.61 Å². The van der Waals surface area contributed by atoms with Crippen LogP contribution in [0.5, 0.6) is 5.75 Å². The van der Waals surface area contributed by atoms with Crippen LogP contribution in [0.25, 0.3) is 0 Å². The van der Waals surface area contributed by atoms with Crippen LogP contribution < -0.4 is 10.5 Å². The molecule has 0 bridgehead atoms. The van der Waals surface area contributed by atoms with E-state index in [-0.39, 0.29) is 11.8 Å². The molecule has 16 heavy (non-hydrogen) atoms. The van der Waals surface area contributed by atoms with Crippen molar-refractivity contribution in [1.82, 2.24) is 0 Å². The van der Waals surface area contributed by atoms with Crippen LogP contribution in [0.1, 0.15) is 18.5 Å². The predicted molar refractivity (Wildman–Crippen MR) is 58.3 cm³/mol. The average Bonchev–Trinajstić information content (AvgIpc) is 2.13. The van der Waals surface area contributed by atoms with Gasteiger partial charge in [-0.05, 0) is 19.1 Å². The van der Waals surface area contributed by atoms with Crippen molar-refractivity contribution in [3.8, 4) is 5.75 Å². The van der Waals surface area contributed by atoms with Crippen LogP contribution >= 0.6 is 15.9 Å². The summed E-state index contributed by atoms with van der Waals surface area (Å²) in [4.78, 5) is 0. The highest BCUT2D eigenvalue weighted by Crippen LogP contribution is 2.29. The summed E-state index contributed by atoms with van der Waals surface area (Å²) in [6.45, 7) is 0.368. The van der Waals surface area contributed by atoms with Crippen molar-refractivity contribution < 1.29 is 17.9 Å². The van der Waals surface area contributed by atoms with Crippen molar-refractivity contribution in [3.63, 3.8) is 0 Å². The molecule has 90 valence electrons. The molecule has 1 rings (SSSR count). The molecule has 0 amide bonds. The number of hydrogen-bond acceptors (Lipinski definition) is 2. The molecule has 1 aromatic rings. The van der Waals surface area contributed by atoms with Crippen LogP contribution in [0.3, 0.4) is 0 Å². The summed E-state index contributed by atoms with van der Waals surface area (Å²) in [5.41, 5.74) is 6.18. The number of ether oxygens (including phenoxy) is 1. The molecule has 1 aromatic carbocycles. The van der Waals surface area contributed by atoms with Crippen molar-refractivity contribution in [1.29, 1.82) is 0 Å². The summed E-state index contributed by atoms with van der Waals surface area (Å²) in [5, 5.41) is 0. The first kappa shape index (κ1) is 13.3. The monoisotopic (exact) mass is 297 g/mol.